The van der Waals surface area contributed by atoms with Crippen LogP contribution in [0.2, 0.25) is 0 Å². The average Bonchev–Trinajstić information content (AvgIpc) is 2.29. The summed E-state index contributed by atoms with van der Waals surface area (Å²) in [4.78, 5) is 10.5. The average molecular weight is 215 g/mol. The van der Waals surface area contributed by atoms with E-state index in [9.17, 15) is 4.79 Å². The first-order chi connectivity index (χ1) is 7.77. The monoisotopic (exact) mass is 215 g/mol. The van der Waals surface area contributed by atoms with Gasteiger partial charge in [0.05, 0.1) is 6.61 Å². The van der Waals surface area contributed by atoms with Crippen LogP contribution < -0.4 is 5.73 Å². The van der Waals surface area contributed by atoms with Gasteiger partial charge >= 0.3 is 6.09 Å². The van der Waals surface area contributed by atoms with Gasteiger partial charge in [-0.3, -0.25) is 0 Å². The molecule has 2 aromatic rings. The summed E-state index contributed by atoms with van der Waals surface area (Å²) in [6.07, 6.45) is -0.0372. The zero-order valence-corrected chi connectivity index (χ0v) is 8.85. The van der Waals surface area contributed by atoms with Crippen molar-refractivity contribution in [1.29, 1.82) is 0 Å². The molecular formula is C13H13NO2. The Morgan fingerprint density at radius 1 is 1.12 bits per heavy atom. The molecule has 0 aliphatic heterocycles. The fourth-order valence-corrected chi connectivity index (χ4v) is 1.77. The van der Waals surface area contributed by atoms with E-state index in [2.05, 4.69) is 18.2 Å². The number of fused-ring (bicyclic) bond motifs is 1. The minimum absolute atomic E-state index is 0.323. The van der Waals surface area contributed by atoms with Crippen molar-refractivity contribution in [2.24, 2.45) is 5.73 Å². The fraction of sp³-hybridized carbons (Fsp3) is 0.154. The standard InChI is InChI=1S/C13H13NO2/c14-13(15)16-9-8-11-6-3-5-10-4-1-2-7-12(10)11/h1-7H,8-9H2,(H2,14,15). The van der Waals surface area contributed by atoms with Crippen LogP contribution in [0.3, 0.4) is 0 Å². The van der Waals surface area contributed by atoms with E-state index in [1.54, 1.807) is 0 Å². The van der Waals surface area contributed by atoms with E-state index in [4.69, 9.17) is 10.5 Å². The number of amides is 1. The van der Waals surface area contributed by atoms with Crippen LogP contribution in [0.25, 0.3) is 10.8 Å². The Morgan fingerprint density at radius 2 is 1.88 bits per heavy atom. The lowest BCUT2D eigenvalue weighted by Crippen LogP contribution is -2.14. The van der Waals surface area contributed by atoms with Gasteiger partial charge in [0.25, 0.3) is 0 Å². The molecule has 0 atom stereocenters. The maximum absolute atomic E-state index is 10.5. The summed E-state index contributed by atoms with van der Waals surface area (Å²) in [6.45, 7) is 0.323. The molecule has 3 nitrogen and oxygen atoms in total. The summed E-state index contributed by atoms with van der Waals surface area (Å²) in [5, 5.41) is 2.39. The Balaban J connectivity index is 2.20. The zero-order chi connectivity index (χ0) is 11.4. The molecule has 2 N–H and O–H groups in total. The SMILES string of the molecule is NC(=O)OCCc1cccc2ccccc12. The summed E-state index contributed by atoms with van der Waals surface area (Å²) in [7, 11) is 0. The lowest BCUT2D eigenvalue weighted by Gasteiger charge is -2.06. The second-order valence-electron chi connectivity index (χ2n) is 3.56. The molecule has 0 aliphatic rings. The Morgan fingerprint density at radius 3 is 2.69 bits per heavy atom. The third-order valence-electron chi connectivity index (χ3n) is 2.50. The number of hydrogen-bond donors (Lipinski definition) is 1. The van der Waals surface area contributed by atoms with Crippen molar-refractivity contribution >= 4 is 16.9 Å². The summed E-state index contributed by atoms with van der Waals surface area (Å²) < 4.78 is 4.73. The summed E-state index contributed by atoms with van der Waals surface area (Å²) in [5.74, 6) is 0. The lowest BCUT2D eigenvalue weighted by molar-refractivity contribution is 0.158. The molecule has 2 aromatic carbocycles. The third-order valence-corrected chi connectivity index (χ3v) is 2.50. The molecule has 16 heavy (non-hydrogen) atoms. The quantitative estimate of drug-likeness (QED) is 0.855. The van der Waals surface area contributed by atoms with E-state index in [-0.39, 0.29) is 0 Å². The Kier molecular flexibility index (Phi) is 3.05. The first-order valence-electron chi connectivity index (χ1n) is 5.16. The molecule has 0 saturated carbocycles. The van der Waals surface area contributed by atoms with Crippen molar-refractivity contribution in [2.75, 3.05) is 6.61 Å². The Bertz CT molecular complexity index is 503. The van der Waals surface area contributed by atoms with Crippen molar-refractivity contribution in [3.63, 3.8) is 0 Å². The van der Waals surface area contributed by atoms with Crippen molar-refractivity contribution in [3.05, 3.63) is 48.0 Å². The number of carbonyl (C=O) groups excluding carboxylic acids is 1. The highest BCUT2D eigenvalue weighted by molar-refractivity contribution is 5.85. The molecule has 2 rings (SSSR count). The molecule has 0 aromatic heterocycles. The van der Waals surface area contributed by atoms with Gasteiger partial charge < -0.3 is 10.5 Å². The smallest absolute Gasteiger partial charge is 0.404 e. The largest absolute Gasteiger partial charge is 0.449 e. The van der Waals surface area contributed by atoms with Gasteiger partial charge in [-0.15, -0.1) is 0 Å². The van der Waals surface area contributed by atoms with E-state index in [1.807, 2.05) is 24.3 Å². The van der Waals surface area contributed by atoms with E-state index in [0.717, 1.165) is 0 Å². The van der Waals surface area contributed by atoms with Crippen LogP contribution in [0.15, 0.2) is 42.5 Å². The van der Waals surface area contributed by atoms with Crippen LogP contribution in [-0.4, -0.2) is 12.7 Å². The van der Waals surface area contributed by atoms with E-state index in [1.165, 1.54) is 16.3 Å². The molecule has 82 valence electrons. The number of nitrogens with two attached hydrogens (primary N) is 1. The van der Waals surface area contributed by atoms with Gasteiger partial charge in [-0.2, -0.15) is 0 Å². The maximum atomic E-state index is 10.5. The number of benzene rings is 2. The van der Waals surface area contributed by atoms with Gasteiger partial charge in [-0.25, -0.2) is 4.79 Å². The zero-order valence-electron chi connectivity index (χ0n) is 8.85. The van der Waals surface area contributed by atoms with Crippen LogP contribution in [0.5, 0.6) is 0 Å². The first kappa shape index (κ1) is 10.5. The van der Waals surface area contributed by atoms with Crippen LogP contribution in [0.1, 0.15) is 5.56 Å². The molecule has 0 heterocycles. The molecule has 0 fully saturated rings. The molecule has 0 unspecified atom stereocenters. The summed E-state index contributed by atoms with van der Waals surface area (Å²) in [6, 6.07) is 14.2. The highest BCUT2D eigenvalue weighted by atomic mass is 16.5. The van der Waals surface area contributed by atoms with Crippen LogP contribution in [0.4, 0.5) is 4.79 Å². The number of hydrogen-bond acceptors (Lipinski definition) is 2. The second-order valence-corrected chi connectivity index (χ2v) is 3.56. The van der Waals surface area contributed by atoms with Gasteiger partial charge in [-0.05, 0) is 16.3 Å². The minimum Gasteiger partial charge on any atom is -0.449 e. The van der Waals surface area contributed by atoms with Crippen LogP contribution >= 0.6 is 0 Å². The molecule has 3 heteroatoms. The Hall–Kier alpha value is -2.03. The number of carbonyl (C=O) groups is 1. The van der Waals surface area contributed by atoms with Crippen LogP contribution in [0, 0.1) is 0 Å². The predicted octanol–water partition coefficient (Wildman–Crippen LogP) is 2.48. The highest BCUT2D eigenvalue weighted by Crippen LogP contribution is 2.18. The van der Waals surface area contributed by atoms with E-state index in [0.29, 0.717) is 13.0 Å². The van der Waals surface area contributed by atoms with Crippen molar-refractivity contribution < 1.29 is 9.53 Å². The van der Waals surface area contributed by atoms with Gasteiger partial charge in [0.1, 0.15) is 0 Å². The molecule has 0 bridgehead atoms. The van der Waals surface area contributed by atoms with Crippen LogP contribution in [-0.2, 0) is 11.2 Å². The lowest BCUT2D eigenvalue weighted by atomic mass is 10.0. The highest BCUT2D eigenvalue weighted by Gasteiger charge is 2.01. The molecule has 0 aliphatic carbocycles. The van der Waals surface area contributed by atoms with Crippen molar-refractivity contribution in [2.45, 2.75) is 6.42 Å². The number of ether oxygens (including phenoxy) is 1. The molecular weight excluding hydrogens is 202 g/mol. The minimum atomic E-state index is -0.722. The topological polar surface area (TPSA) is 52.3 Å². The summed E-state index contributed by atoms with van der Waals surface area (Å²) >= 11 is 0. The molecule has 0 spiro atoms. The first-order valence-corrected chi connectivity index (χ1v) is 5.16. The number of primary amides is 1. The predicted molar refractivity (Wildman–Crippen MR) is 63.2 cm³/mol. The fourth-order valence-electron chi connectivity index (χ4n) is 1.77. The molecule has 1 amide bonds. The normalized spacial score (nSPS) is 10.2. The van der Waals surface area contributed by atoms with E-state index >= 15 is 0 Å². The van der Waals surface area contributed by atoms with Gasteiger partial charge in [-0.1, -0.05) is 42.5 Å². The Labute approximate surface area is 93.8 Å². The third kappa shape index (κ3) is 2.31. The van der Waals surface area contributed by atoms with Crippen molar-refractivity contribution in [3.8, 4) is 0 Å². The van der Waals surface area contributed by atoms with Gasteiger partial charge in [0.15, 0.2) is 0 Å². The second kappa shape index (κ2) is 4.66. The molecule has 0 radical (unpaired) electrons. The van der Waals surface area contributed by atoms with Gasteiger partial charge in [0.2, 0.25) is 0 Å². The summed E-state index contributed by atoms with van der Waals surface area (Å²) in [5.41, 5.74) is 6.07. The van der Waals surface area contributed by atoms with Gasteiger partial charge in [0, 0.05) is 6.42 Å². The van der Waals surface area contributed by atoms with E-state index < -0.39 is 6.09 Å². The number of rotatable bonds is 3. The van der Waals surface area contributed by atoms with Crippen molar-refractivity contribution in [1.82, 2.24) is 0 Å². The maximum Gasteiger partial charge on any atom is 0.404 e. The molecule has 0 saturated heterocycles.